The summed E-state index contributed by atoms with van der Waals surface area (Å²) in [4.78, 5) is 27.0. The first-order chi connectivity index (χ1) is 17.2. The standard InChI is InChI=1S/C24H32N4O7S/c1-16-21(33-19-7-9-28(10-8-19)23(29)35-24(2,3)4)26-15-27-22(16)34-20-6-5-18(25-12-20)11-17-13-31-36(30)32-14-17/h5-6,12,15,17,19H,7-11,13-14H2,1-4H3/t17-,36+. The van der Waals surface area contributed by atoms with Crippen LogP contribution in [0.25, 0.3) is 0 Å². The lowest BCUT2D eigenvalue weighted by Gasteiger charge is -2.33. The van der Waals surface area contributed by atoms with Gasteiger partial charge in [0.1, 0.15) is 23.8 Å². The number of hydrogen-bond acceptors (Lipinski definition) is 10. The second kappa shape index (κ2) is 11.5. The van der Waals surface area contributed by atoms with E-state index in [4.69, 9.17) is 22.6 Å². The fourth-order valence-corrected chi connectivity index (χ4v) is 4.46. The highest BCUT2D eigenvalue weighted by Gasteiger charge is 2.28. The van der Waals surface area contributed by atoms with E-state index in [0.29, 0.717) is 68.6 Å². The molecule has 11 nitrogen and oxygen atoms in total. The summed E-state index contributed by atoms with van der Waals surface area (Å²) in [7, 11) is 0. The molecule has 0 bridgehead atoms. The molecule has 0 aliphatic carbocycles. The third-order valence-electron chi connectivity index (χ3n) is 5.67. The summed E-state index contributed by atoms with van der Waals surface area (Å²) in [5, 5.41) is 0. The Kier molecular flexibility index (Phi) is 8.37. The van der Waals surface area contributed by atoms with Crippen molar-refractivity contribution in [2.75, 3.05) is 26.3 Å². The first kappa shape index (κ1) is 26.2. The molecule has 0 saturated carbocycles. The number of rotatable bonds is 6. The normalized spacial score (nSPS) is 21.2. The molecule has 12 heteroatoms. The van der Waals surface area contributed by atoms with Gasteiger partial charge in [0.2, 0.25) is 11.8 Å². The Morgan fingerprint density at radius 3 is 2.44 bits per heavy atom. The minimum absolute atomic E-state index is 0.0729. The monoisotopic (exact) mass is 520 g/mol. The molecule has 36 heavy (non-hydrogen) atoms. The second-order valence-corrected chi connectivity index (χ2v) is 10.7. The van der Waals surface area contributed by atoms with Crippen molar-refractivity contribution in [1.29, 1.82) is 0 Å². The number of nitrogens with zero attached hydrogens (tertiary/aromatic N) is 4. The Hall–Kier alpha value is -2.83. The Bertz CT molecular complexity index is 1060. The zero-order valence-corrected chi connectivity index (χ0v) is 21.8. The Labute approximate surface area is 213 Å². The number of ether oxygens (including phenoxy) is 3. The summed E-state index contributed by atoms with van der Waals surface area (Å²) in [6.45, 7) is 9.27. The lowest BCUT2D eigenvalue weighted by Crippen LogP contribution is -2.44. The van der Waals surface area contributed by atoms with Gasteiger partial charge in [0, 0.05) is 37.5 Å². The molecule has 2 fully saturated rings. The number of amides is 1. The number of aromatic nitrogens is 3. The third-order valence-corrected chi connectivity index (χ3v) is 6.33. The van der Waals surface area contributed by atoms with Crippen LogP contribution in [0.15, 0.2) is 24.7 Å². The van der Waals surface area contributed by atoms with Crippen LogP contribution in [0.3, 0.4) is 0 Å². The molecular weight excluding hydrogens is 488 g/mol. The number of piperidine rings is 1. The van der Waals surface area contributed by atoms with E-state index in [-0.39, 0.29) is 18.1 Å². The predicted octanol–water partition coefficient (Wildman–Crippen LogP) is 3.53. The van der Waals surface area contributed by atoms with Gasteiger partial charge in [-0.25, -0.2) is 14.8 Å². The minimum Gasteiger partial charge on any atom is -0.474 e. The van der Waals surface area contributed by atoms with Crippen LogP contribution in [0.4, 0.5) is 4.79 Å². The number of carbonyl (C=O) groups is 1. The van der Waals surface area contributed by atoms with Gasteiger partial charge in [-0.1, -0.05) is 0 Å². The van der Waals surface area contributed by atoms with Gasteiger partial charge in [0.05, 0.1) is 25.0 Å². The van der Waals surface area contributed by atoms with E-state index in [1.54, 1.807) is 11.1 Å². The fraction of sp³-hybridized carbons (Fsp3) is 0.583. The van der Waals surface area contributed by atoms with Gasteiger partial charge in [-0.05, 0) is 46.2 Å². The van der Waals surface area contributed by atoms with Crippen molar-refractivity contribution >= 4 is 17.5 Å². The van der Waals surface area contributed by atoms with Crippen molar-refractivity contribution in [3.05, 3.63) is 35.9 Å². The number of pyridine rings is 1. The van der Waals surface area contributed by atoms with E-state index in [1.165, 1.54) is 6.33 Å². The average Bonchev–Trinajstić information content (AvgIpc) is 2.84. The molecule has 2 aliphatic heterocycles. The quantitative estimate of drug-likeness (QED) is 0.559. The highest BCUT2D eigenvalue weighted by atomic mass is 32.2. The van der Waals surface area contributed by atoms with E-state index < -0.39 is 17.0 Å². The van der Waals surface area contributed by atoms with Gasteiger partial charge >= 0.3 is 17.5 Å². The molecule has 2 saturated heterocycles. The van der Waals surface area contributed by atoms with Crippen LogP contribution in [-0.4, -0.2) is 68.2 Å². The van der Waals surface area contributed by atoms with Gasteiger partial charge < -0.3 is 19.1 Å². The largest absolute Gasteiger partial charge is 0.474 e. The number of carbonyl (C=O) groups excluding carboxylic acids is 1. The summed E-state index contributed by atoms with van der Waals surface area (Å²) >= 11 is -1.64. The molecule has 0 radical (unpaired) electrons. The maximum absolute atomic E-state index is 12.3. The van der Waals surface area contributed by atoms with Crippen LogP contribution in [0.5, 0.6) is 17.5 Å². The first-order valence-corrected chi connectivity index (χ1v) is 12.9. The van der Waals surface area contributed by atoms with Crippen molar-refractivity contribution < 1.29 is 31.6 Å². The SMILES string of the molecule is Cc1c(Oc2ccc(C[C@H]3CO[S@@](=O)OC3)nc2)ncnc1OC1CCN(C(=O)OC(C)(C)C)CC1. The van der Waals surface area contributed by atoms with Crippen LogP contribution < -0.4 is 9.47 Å². The molecule has 4 heterocycles. The molecule has 2 aromatic heterocycles. The first-order valence-electron chi connectivity index (χ1n) is 11.9. The summed E-state index contributed by atoms with van der Waals surface area (Å²) < 4.78 is 38.7. The Balaban J connectivity index is 1.30. The van der Waals surface area contributed by atoms with Crippen molar-refractivity contribution in [2.24, 2.45) is 5.92 Å². The third kappa shape index (κ3) is 7.34. The van der Waals surface area contributed by atoms with Gasteiger partial charge in [-0.15, -0.1) is 0 Å². The van der Waals surface area contributed by atoms with Crippen molar-refractivity contribution in [3.8, 4) is 17.5 Å². The van der Waals surface area contributed by atoms with Gasteiger partial charge in [-0.3, -0.25) is 13.4 Å². The molecule has 0 aromatic carbocycles. The fourth-order valence-electron chi connectivity index (χ4n) is 3.78. The van der Waals surface area contributed by atoms with Crippen molar-refractivity contribution in [3.63, 3.8) is 0 Å². The zero-order chi connectivity index (χ0) is 25.7. The molecule has 1 amide bonds. The highest BCUT2D eigenvalue weighted by molar-refractivity contribution is 7.75. The number of likely N-dealkylation sites (tertiary alicyclic amines) is 1. The second-order valence-electron chi connectivity index (χ2n) is 9.82. The van der Waals surface area contributed by atoms with Gasteiger partial charge in [0.15, 0.2) is 0 Å². The van der Waals surface area contributed by atoms with E-state index in [1.807, 2.05) is 39.8 Å². The van der Waals surface area contributed by atoms with Crippen LogP contribution in [-0.2, 0) is 30.9 Å². The average molecular weight is 521 g/mol. The van der Waals surface area contributed by atoms with Crippen molar-refractivity contribution in [2.45, 2.75) is 58.7 Å². The van der Waals surface area contributed by atoms with Crippen molar-refractivity contribution in [1.82, 2.24) is 19.9 Å². The summed E-state index contributed by atoms with van der Waals surface area (Å²) in [6.07, 6.45) is 4.67. The summed E-state index contributed by atoms with van der Waals surface area (Å²) in [5.74, 6) is 1.48. The summed E-state index contributed by atoms with van der Waals surface area (Å²) in [6, 6.07) is 3.69. The molecular formula is C24H32N4O7S. The van der Waals surface area contributed by atoms with E-state index >= 15 is 0 Å². The molecule has 2 aliphatic rings. The highest BCUT2D eigenvalue weighted by Crippen LogP contribution is 2.29. The Morgan fingerprint density at radius 1 is 1.11 bits per heavy atom. The zero-order valence-electron chi connectivity index (χ0n) is 21.0. The van der Waals surface area contributed by atoms with E-state index in [9.17, 15) is 9.00 Å². The molecule has 2 aromatic rings. The molecule has 0 unspecified atom stereocenters. The Morgan fingerprint density at radius 2 is 1.81 bits per heavy atom. The lowest BCUT2D eigenvalue weighted by atomic mass is 10.1. The van der Waals surface area contributed by atoms with Gasteiger partial charge in [0.25, 0.3) is 0 Å². The smallest absolute Gasteiger partial charge is 0.410 e. The van der Waals surface area contributed by atoms with Gasteiger partial charge in [-0.2, -0.15) is 4.21 Å². The maximum Gasteiger partial charge on any atom is 0.410 e. The number of hydrogen-bond donors (Lipinski definition) is 0. The van der Waals surface area contributed by atoms with Crippen LogP contribution in [0.2, 0.25) is 0 Å². The predicted molar refractivity (Wildman–Crippen MR) is 130 cm³/mol. The molecule has 0 N–H and O–H groups in total. The molecule has 0 spiro atoms. The van der Waals surface area contributed by atoms with E-state index in [2.05, 4.69) is 15.0 Å². The molecule has 196 valence electrons. The van der Waals surface area contributed by atoms with E-state index in [0.717, 1.165) is 5.69 Å². The molecule has 0 atom stereocenters. The van der Waals surface area contributed by atoms with Crippen LogP contribution in [0, 0.1) is 12.8 Å². The lowest BCUT2D eigenvalue weighted by molar-refractivity contribution is 0.0122. The summed E-state index contributed by atoms with van der Waals surface area (Å²) in [5.41, 5.74) is 1.02. The molecule has 4 rings (SSSR count). The topological polar surface area (TPSA) is 122 Å². The maximum atomic E-state index is 12.3. The van der Waals surface area contributed by atoms with Crippen LogP contribution >= 0.6 is 0 Å². The minimum atomic E-state index is -1.64. The van der Waals surface area contributed by atoms with Crippen LogP contribution in [0.1, 0.15) is 44.9 Å².